The molecule has 9 aromatic rings. The molecule has 10 rings (SSSR count). The van der Waals surface area contributed by atoms with Crippen molar-refractivity contribution < 1.29 is 9.59 Å². The smallest absolute Gasteiger partial charge is 0.257 e. The van der Waals surface area contributed by atoms with Crippen LogP contribution in [0.4, 0.5) is 11.6 Å². The van der Waals surface area contributed by atoms with Crippen molar-refractivity contribution in [2.24, 2.45) is 9.98 Å². The highest BCUT2D eigenvalue weighted by molar-refractivity contribution is 7.21. The Morgan fingerprint density at radius 1 is 0.556 bits per heavy atom. The second kappa shape index (κ2) is 16.4. The number of benzene rings is 6. The summed E-state index contributed by atoms with van der Waals surface area (Å²) in [4.78, 5) is 52.9. The molecule has 0 atom stereocenters. The third-order valence-corrected chi connectivity index (χ3v) is 13.1. The van der Waals surface area contributed by atoms with Crippen LogP contribution in [0, 0.1) is 27.7 Å². The summed E-state index contributed by atoms with van der Waals surface area (Å²) >= 11 is 3.07. The fourth-order valence-electron chi connectivity index (χ4n) is 8.03. The van der Waals surface area contributed by atoms with Crippen molar-refractivity contribution in [2.45, 2.75) is 27.7 Å². The maximum atomic E-state index is 14.3. The molecule has 63 heavy (non-hydrogen) atoms. The van der Waals surface area contributed by atoms with E-state index in [1.807, 2.05) is 173 Å². The molecular weight excluding hydrogens is 819 g/mol. The van der Waals surface area contributed by atoms with E-state index in [4.69, 9.17) is 20.0 Å². The summed E-state index contributed by atoms with van der Waals surface area (Å²) in [6.07, 6.45) is 0. The van der Waals surface area contributed by atoms with Crippen molar-refractivity contribution in [3.63, 3.8) is 0 Å². The number of rotatable bonds is 8. The van der Waals surface area contributed by atoms with Gasteiger partial charge in [-0.15, -0.1) is 22.7 Å². The van der Waals surface area contributed by atoms with Crippen molar-refractivity contribution in [2.75, 3.05) is 5.32 Å². The number of fused-ring (bicyclic) bond motifs is 2. The number of thiazole rings is 2. The minimum absolute atomic E-state index is 0.270. The van der Waals surface area contributed by atoms with Crippen LogP contribution in [0.5, 0.6) is 0 Å². The Hall–Kier alpha value is -7.60. The first kappa shape index (κ1) is 39.5. The van der Waals surface area contributed by atoms with E-state index >= 15 is 0 Å². The summed E-state index contributed by atoms with van der Waals surface area (Å²) in [5.41, 5.74) is 11.1. The third kappa shape index (κ3) is 7.58. The zero-order chi connectivity index (χ0) is 43.2. The van der Waals surface area contributed by atoms with E-state index in [1.54, 1.807) is 0 Å². The molecule has 4 heterocycles. The number of nitrogens with zero attached hydrogens (tertiary/aromatic N) is 4. The molecule has 1 aliphatic heterocycles. The van der Waals surface area contributed by atoms with Gasteiger partial charge in [-0.3, -0.25) is 9.59 Å². The molecule has 0 aliphatic carbocycles. The predicted octanol–water partition coefficient (Wildman–Crippen LogP) is 12.5. The van der Waals surface area contributed by atoms with E-state index in [9.17, 15) is 9.59 Å². The molecule has 3 N–H and O–H groups in total. The van der Waals surface area contributed by atoms with Crippen LogP contribution in [0.25, 0.3) is 53.3 Å². The summed E-state index contributed by atoms with van der Waals surface area (Å²) in [6, 6.07) is 47.4. The quantitative estimate of drug-likeness (QED) is 0.141. The van der Waals surface area contributed by atoms with Crippen LogP contribution in [0.1, 0.15) is 53.5 Å². The lowest BCUT2D eigenvalue weighted by molar-refractivity contribution is 0.0975. The van der Waals surface area contributed by atoms with Gasteiger partial charge in [-0.1, -0.05) is 120 Å². The molecule has 1 aliphatic rings. The predicted molar refractivity (Wildman–Crippen MR) is 260 cm³/mol. The van der Waals surface area contributed by atoms with E-state index in [2.05, 4.69) is 15.6 Å². The number of amides is 2. The second-order valence-corrected chi connectivity index (χ2v) is 17.6. The van der Waals surface area contributed by atoms with E-state index < -0.39 is 0 Å². The number of nitrogens with one attached hydrogen (secondary N) is 3. The number of aryl methyl sites for hydroxylation is 4. The first-order chi connectivity index (χ1) is 30.7. The molecule has 0 saturated carbocycles. The number of amidine groups is 2. The zero-order valence-corrected chi connectivity index (χ0v) is 36.4. The minimum Gasteiger partial charge on any atom is -0.325 e. The summed E-state index contributed by atoms with van der Waals surface area (Å²) in [7, 11) is 0. The normalized spacial score (nSPS) is 13.3. The lowest BCUT2D eigenvalue weighted by atomic mass is 9.99. The summed E-state index contributed by atoms with van der Waals surface area (Å²) in [6.45, 7) is 7.88. The number of para-hydroxylation sites is 2. The third-order valence-electron chi connectivity index (χ3n) is 11.0. The Morgan fingerprint density at radius 2 is 1.08 bits per heavy atom. The van der Waals surface area contributed by atoms with E-state index in [1.165, 1.54) is 22.7 Å². The molecule has 2 amide bonds. The molecule has 3 aromatic heterocycles. The van der Waals surface area contributed by atoms with Gasteiger partial charge < -0.3 is 15.6 Å². The van der Waals surface area contributed by atoms with Crippen LogP contribution in [-0.4, -0.2) is 38.4 Å². The number of carbonyl (C=O) groups excluding carboxylic acids is 2. The molecule has 0 unspecified atom stereocenters. The SMILES string of the molecule is Cc1ccc(C(=O)NC2=NC(=Nc3[nH]c(NC(=O)c4ccc(C)cc4C)c(-c4nc5ccccc5s4)c3-c3ccccc3)C(c3ccccc3)=C2c2nc3ccccc3s2)c(C)c1. The van der Waals surface area contributed by atoms with Crippen molar-refractivity contribution in [3.8, 4) is 21.7 Å². The highest BCUT2D eigenvalue weighted by atomic mass is 32.1. The average molecular weight is 858 g/mol. The lowest BCUT2D eigenvalue weighted by Gasteiger charge is -2.11. The fourth-order valence-corrected chi connectivity index (χ4v) is 10.1. The molecule has 0 spiro atoms. The summed E-state index contributed by atoms with van der Waals surface area (Å²) in [5.74, 6) is 1.02. The van der Waals surface area contributed by atoms with Crippen LogP contribution in [0.15, 0.2) is 156 Å². The number of carbonyl (C=O) groups is 2. The van der Waals surface area contributed by atoms with Crippen molar-refractivity contribution in [1.29, 1.82) is 0 Å². The summed E-state index contributed by atoms with van der Waals surface area (Å²) < 4.78 is 2.00. The first-order valence-corrected chi connectivity index (χ1v) is 22.1. The van der Waals surface area contributed by atoms with Crippen molar-refractivity contribution >= 4 is 89.4 Å². The number of anilines is 1. The Balaban J connectivity index is 1.23. The topological polar surface area (TPSA) is 124 Å². The fraction of sp³-hybridized carbons (Fsp3) is 0.0769. The molecular formula is C52H39N7O2S2. The maximum absolute atomic E-state index is 14.3. The largest absolute Gasteiger partial charge is 0.325 e. The van der Waals surface area contributed by atoms with Crippen molar-refractivity contribution in [3.05, 3.63) is 190 Å². The summed E-state index contributed by atoms with van der Waals surface area (Å²) in [5, 5.41) is 7.81. The van der Waals surface area contributed by atoms with Crippen LogP contribution < -0.4 is 10.6 Å². The molecule has 306 valence electrons. The van der Waals surface area contributed by atoms with Gasteiger partial charge in [-0.05, 0) is 86.3 Å². The second-order valence-electron chi connectivity index (χ2n) is 15.5. The minimum atomic E-state index is -0.294. The Morgan fingerprint density at radius 3 is 1.67 bits per heavy atom. The van der Waals surface area contributed by atoms with Gasteiger partial charge in [-0.25, -0.2) is 20.0 Å². The number of hydrogen-bond donors (Lipinski definition) is 3. The first-order valence-electron chi connectivity index (χ1n) is 20.5. The number of aromatic nitrogens is 3. The number of aromatic amines is 1. The van der Waals surface area contributed by atoms with Crippen molar-refractivity contribution in [1.82, 2.24) is 20.3 Å². The number of hydrogen-bond acceptors (Lipinski definition) is 7. The lowest BCUT2D eigenvalue weighted by Crippen LogP contribution is -2.31. The molecule has 0 saturated heterocycles. The van der Waals surface area contributed by atoms with Crippen LogP contribution in [-0.2, 0) is 0 Å². The number of aliphatic imine (C=N–C) groups is 2. The standard InChI is InChI=1S/C52H39N7O2S2/c1-29-23-25-35(31(3)27-29)49(60)58-47-43(51-53-37-19-11-13-21-39(37)62-51)41(33-15-7-5-8-16-33)45(56-47)55-46-42(34-17-9-6-10-18-34)44(52-54-38-20-12-14-22-40(38)63-52)48(57-46)59-50(61)36-26-24-30(2)28-32(36)4/h5-28,56H,1-4H3,(H,58,60)(H,55,57,59,61). The van der Waals surface area contributed by atoms with Crippen LogP contribution >= 0.6 is 22.7 Å². The monoisotopic (exact) mass is 857 g/mol. The Bertz CT molecular complexity index is 3310. The molecule has 9 nitrogen and oxygen atoms in total. The van der Waals surface area contributed by atoms with Gasteiger partial charge in [0.1, 0.15) is 27.5 Å². The van der Waals surface area contributed by atoms with Crippen LogP contribution in [0.2, 0.25) is 0 Å². The zero-order valence-electron chi connectivity index (χ0n) is 34.8. The molecule has 6 aromatic carbocycles. The van der Waals surface area contributed by atoms with Gasteiger partial charge in [-0.2, -0.15) is 0 Å². The van der Waals surface area contributed by atoms with E-state index in [-0.39, 0.29) is 11.8 Å². The Labute approximate surface area is 371 Å². The van der Waals surface area contributed by atoms with Gasteiger partial charge in [0.15, 0.2) is 5.84 Å². The molecule has 0 bridgehead atoms. The molecule has 11 heteroatoms. The van der Waals surface area contributed by atoms with E-state index in [0.29, 0.717) is 61.2 Å². The van der Waals surface area contributed by atoms with Gasteiger partial charge in [0, 0.05) is 22.3 Å². The number of H-pyrrole nitrogens is 1. The van der Waals surface area contributed by atoms with Gasteiger partial charge >= 0.3 is 0 Å². The molecule has 0 fully saturated rings. The van der Waals surface area contributed by atoms with Gasteiger partial charge in [0.2, 0.25) is 0 Å². The maximum Gasteiger partial charge on any atom is 0.257 e. The van der Waals surface area contributed by atoms with Gasteiger partial charge in [0.25, 0.3) is 11.8 Å². The Kier molecular flexibility index (Phi) is 10.3. The van der Waals surface area contributed by atoms with Gasteiger partial charge in [0.05, 0.1) is 31.6 Å². The highest BCUT2D eigenvalue weighted by Gasteiger charge is 2.33. The highest BCUT2D eigenvalue weighted by Crippen LogP contribution is 2.48. The van der Waals surface area contributed by atoms with Crippen LogP contribution in [0.3, 0.4) is 0 Å². The van der Waals surface area contributed by atoms with E-state index in [0.717, 1.165) is 59.4 Å². The average Bonchev–Trinajstić information content (AvgIpc) is 4.07. The molecule has 0 radical (unpaired) electrons.